The van der Waals surface area contributed by atoms with Gasteiger partial charge in [-0.15, -0.1) is 0 Å². The highest BCUT2D eigenvalue weighted by molar-refractivity contribution is 5.52. The highest BCUT2D eigenvalue weighted by Crippen LogP contribution is 2.17. The SMILES string of the molecule is C=C1CCCCN1/N=C\C.CC. The maximum Gasteiger partial charge on any atom is 0.0411 e. The largest absolute Gasteiger partial charge is 0.271 e. The van der Waals surface area contributed by atoms with Crippen LogP contribution in [0.25, 0.3) is 0 Å². The van der Waals surface area contributed by atoms with Crippen LogP contribution >= 0.6 is 0 Å². The van der Waals surface area contributed by atoms with Crippen LogP contribution in [0.15, 0.2) is 17.4 Å². The zero-order valence-electron chi connectivity index (χ0n) is 8.51. The molecule has 1 rings (SSSR count). The van der Waals surface area contributed by atoms with E-state index in [9.17, 15) is 0 Å². The van der Waals surface area contributed by atoms with E-state index < -0.39 is 0 Å². The van der Waals surface area contributed by atoms with Crippen LogP contribution in [-0.4, -0.2) is 17.8 Å². The van der Waals surface area contributed by atoms with E-state index in [0.29, 0.717) is 0 Å². The molecule has 0 N–H and O–H groups in total. The molecule has 70 valence electrons. The van der Waals surface area contributed by atoms with E-state index in [4.69, 9.17) is 0 Å². The molecule has 0 saturated carbocycles. The average molecular weight is 168 g/mol. The molecule has 0 aliphatic carbocycles. The number of hydrazone groups is 1. The molecule has 0 unspecified atom stereocenters. The van der Waals surface area contributed by atoms with Gasteiger partial charge in [0, 0.05) is 18.5 Å². The minimum absolute atomic E-state index is 1.04. The Hall–Kier alpha value is -0.790. The highest BCUT2D eigenvalue weighted by atomic mass is 15.5. The Labute approximate surface area is 76.0 Å². The second-order valence-electron chi connectivity index (χ2n) is 2.52. The quantitative estimate of drug-likeness (QED) is 0.549. The summed E-state index contributed by atoms with van der Waals surface area (Å²) in [4.78, 5) is 0. The van der Waals surface area contributed by atoms with E-state index in [1.54, 1.807) is 0 Å². The third kappa shape index (κ3) is 3.56. The van der Waals surface area contributed by atoms with Crippen molar-refractivity contribution < 1.29 is 0 Å². The van der Waals surface area contributed by atoms with Crippen molar-refractivity contribution in [2.24, 2.45) is 5.10 Å². The Morgan fingerprint density at radius 3 is 2.58 bits per heavy atom. The summed E-state index contributed by atoms with van der Waals surface area (Å²) in [7, 11) is 0. The van der Waals surface area contributed by atoms with Crippen molar-refractivity contribution in [3.8, 4) is 0 Å². The van der Waals surface area contributed by atoms with Crippen molar-refractivity contribution >= 4 is 6.21 Å². The van der Waals surface area contributed by atoms with Crippen molar-refractivity contribution in [3.05, 3.63) is 12.3 Å². The first-order chi connectivity index (χ1) is 5.84. The predicted octanol–water partition coefficient (Wildman–Crippen LogP) is 3.02. The Morgan fingerprint density at radius 2 is 2.08 bits per heavy atom. The minimum atomic E-state index is 1.04. The molecule has 1 aliphatic rings. The van der Waals surface area contributed by atoms with Crippen LogP contribution in [0.2, 0.25) is 0 Å². The monoisotopic (exact) mass is 168 g/mol. The first-order valence-corrected chi connectivity index (χ1v) is 4.78. The van der Waals surface area contributed by atoms with Crippen LogP contribution in [0.1, 0.15) is 40.0 Å². The third-order valence-electron chi connectivity index (χ3n) is 1.71. The fourth-order valence-electron chi connectivity index (χ4n) is 1.16. The zero-order chi connectivity index (χ0) is 9.40. The maximum atomic E-state index is 4.17. The van der Waals surface area contributed by atoms with Crippen LogP contribution in [0.4, 0.5) is 0 Å². The first kappa shape index (κ1) is 11.2. The lowest BCUT2D eigenvalue weighted by molar-refractivity contribution is 0.307. The van der Waals surface area contributed by atoms with Crippen LogP contribution < -0.4 is 0 Å². The van der Waals surface area contributed by atoms with Gasteiger partial charge in [-0.2, -0.15) is 5.10 Å². The van der Waals surface area contributed by atoms with Gasteiger partial charge in [0.1, 0.15) is 0 Å². The van der Waals surface area contributed by atoms with Gasteiger partial charge in [0.05, 0.1) is 0 Å². The Morgan fingerprint density at radius 1 is 1.42 bits per heavy atom. The fraction of sp³-hybridized carbons (Fsp3) is 0.700. The van der Waals surface area contributed by atoms with Gasteiger partial charge in [0.25, 0.3) is 0 Å². The Bertz CT molecular complexity index is 150. The molecule has 2 nitrogen and oxygen atoms in total. The Balaban J connectivity index is 0.000000561. The number of allylic oxidation sites excluding steroid dienone is 1. The summed E-state index contributed by atoms with van der Waals surface area (Å²) in [5.41, 5.74) is 1.16. The van der Waals surface area contributed by atoms with Crippen molar-refractivity contribution in [1.29, 1.82) is 0 Å². The summed E-state index contributed by atoms with van der Waals surface area (Å²) >= 11 is 0. The van der Waals surface area contributed by atoms with Crippen molar-refractivity contribution in [1.82, 2.24) is 5.01 Å². The van der Waals surface area contributed by atoms with Crippen molar-refractivity contribution in [2.75, 3.05) is 6.54 Å². The summed E-state index contributed by atoms with van der Waals surface area (Å²) in [5.74, 6) is 0. The van der Waals surface area contributed by atoms with Crippen LogP contribution in [-0.2, 0) is 0 Å². The van der Waals surface area contributed by atoms with Gasteiger partial charge in [-0.25, -0.2) is 0 Å². The molecule has 1 fully saturated rings. The van der Waals surface area contributed by atoms with Gasteiger partial charge in [-0.3, -0.25) is 5.01 Å². The molecule has 1 aliphatic heterocycles. The number of nitrogens with zero attached hydrogens (tertiary/aromatic N) is 2. The molecular formula is C10H20N2. The molecule has 0 atom stereocenters. The smallest absolute Gasteiger partial charge is 0.0411 e. The lowest BCUT2D eigenvalue weighted by atomic mass is 10.1. The second-order valence-corrected chi connectivity index (χ2v) is 2.52. The lowest BCUT2D eigenvalue weighted by Gasteiger charge is -2.25. The van der Waals surface area contributed by atoms with Gasteiger partial charge >= 0.3 is 0 Å². The summed E-state index contributed by atoms with van der Waals surface area (Å²) in [6.07, 6.45) is 5.44. The van der Waals surface area contributed by atoms with Crippen LogP contribution in [0, 0.1) is 0 Å². The Kier molecular flexibility index (Phi) is 6.44. The second kappa shape index (κ2) is 6.89. The fourth-order valence-corrected chi connectivity index (χ4v) is 1.16. The number of hydrogen-bond acceptors (Lipinski definition) is 2. The lowest BCUT2D eigenvalue weighted by Crippen LogP contribution is -2.21. The van der Waals surface area contributed by atoms with Gasteiger partial charge in [0.15, 0.2) is 0 Å². The predicted molar refractivity (Wildman–Crippen MR) is 55.2 cm³/mol. The van der Waals surface area contributed by atoms with E-state index in [0.717, 1.165) is 18.7 Å². The zero-order valence-corrected chi connectivity index (χ0v) is 8.51. The first-order valence-electron chi connectivity index (χ1n) is 4.78. The van der Waals surface area contributed by atoms with Gasteiger partial charge in [0.2, 0.25) is 0 Å². The molecular weight excluding hydrogens is 148 g/mol. The molecule has 0 bridgehead atoms. The average Bonchev–Trinajstić information content (AvgIpc) is 2.13. The molecule has 12 heavy (non-hydrogen) atoms. The van der Waals surface area contributed by atoms with E-state index in [1.807, 2.05) is 32.0 Å². The standard InChI is InChI=1S/C8H14N2.C2H6/c1-3-9-10-7-5-4-6-8(10)2;1-2/h3H,2,4-7H2,1H3;1-2H3/b9-3-;. The van der Waals surface area contributed by atoms with Crippen molar-refractivity contribution in [2.45, 2.75) is 40.0 Å². The molecule has 1 saturated heterocycles. The normalized spacial score (nSPS) is 17.6. The van der Waals surface area contributed by atoms with Gasteiger partial charge in [-0.1, -0.05) is 20.4 Å². The summed E-state index contributed by atoms with van der Waals surface area (Å²) < 4.78 is 0. The van der Waals surface area contributed by atoms with E-state index in [-0.39, 0.29) is 0 Å². The topological polar surface area (TPSA) is 15.6 Å². The van der Waals surface area contributed by atoms with Gasteiger partial charge < -0.3 is 0 Å². The summed E-state index contributed by atoms with van der Waals surface area (Å²) in [6.45, 7) is 10.9. The minimum Gasteiger partial charge on any atom is -0.271 e. The maximum absolute atomic E-state index is 4.17. The molecule has 0 spiro atoms. The van der Waals surface area contributed by atoms with Crippen LogP contribution in [0.5, 0.6) is 0 Å². The summed E-state index contributed by atoms with van der Waals surface area (Å²) in [6, 6.07) is 0. The van der Waals surface area contributed by atoms with E-state index >= 15 is 0 Å². The number of piperidine rings is 1. The molecule has 0 aromatic heterocycles. The van der Waals surface area contributed by atoms with Crippen LogP contribution in [0.3, 0.4) is 0 Å². The summed E-state index contributed by atoms with van der Waals surface area (Å²) in [5, 5.41) is 6.16. The highest BCUT2D eigenvalue weighted by Gasteiger charge is 2.10. The molecule has 0 amide bonds. The number of hydrogen-bond donors (Lipinski definition) is 0. The van der Waals surface area contributed by atoms with Crippen molar-refractivity contribution in [3.63, 3.8) is 0 Å². The molecule has 1 heterocycles. The van der Waals surface area contributed by atoms with E-state index in [1.165, 1.54) is 12.8 Å². The molecule has 0 aromatic carbocycles. The molecule has 0 radical (unpaired) electrons. The third-order valence-corrected chi connectivity index (χ3v) is 1.71. The molecule has 0 aromatic rings. The van der Waals surface area contributed by atoms with E-state index in [2.05, 4.69) is 11.7 Å². The number of rotatable bonds is 1. The van der Waals surface area contributed by atoms with Gasteiger partial charge in [-0.05, 0) is 26.2 Å². The molecule has 2 heteroatoms.